The summed E-state index contributed by atoms with van der Waals surface area (Å²) in [5, 5.41) is 4.14. The number of nitrogens with zero attached hydrogens (tertiary/aromatic N) is 2. The van der Waals surface area contributed by atoms with Crippen molar-refractivity contribution in [3.05, 3.63) is 216 Å². The zero-order chi connectivity index (χ0) is 35.9. The molecular weight excluding hydrogens is 694 g/mol. The second-order valence-electron chi connectivity index (χ2n) is 11.9. The van der Waals surface area contributed by atoms with Crippen molar-refractivity contribution in [2.75, 3.05) is 5.90 Å². The van der Waals surface area contributed by atoms with Gasteiger partial charge >= 0.3 is 0 Å². The number of aromatic nitrogens is 1. The summed E-state index contributed by atoms with van der Waals surface area (Å²) in [5.74, 6) is -6.16. The lowest BCUT2D eigenvalue weighted by molar-refractivity contribution is 0.404. The van der Waals surface area contributed by atoms with Gasteiger partial charge < -0.3 is 0 Å². The molecule has 0 saturated heterocycles. The van der Waals surface area contributed by atoms with Gasteiger partial charge in [-0.15, -0.1) is 10.5 Å². The number of benzene rings is 5. The molecule has 1 aliphatic carbocycles. The molecule has 0 bridgehead atoms. The fourth-order valence-corrected chi connectivity index (χ4v) is 14.4. The van der Waals surface area contributed by atoms with Crippen molar-refractivity contribution in [3.8, 4) is 0 Å². The summed E-state index contributed by atoms with van der Waals surface area (Å²) in [6, 6.07) is 49.2. The molecule has 0 spiro atoms. The first-order valence-corrected chi connectivity index (χ1v) is 20.0. The largest absolute Gasteiger partial charge is 0.252 e. The van der Waals surface area contributed by atoms with Crippen molar-refractivity contribution in [2.45, 2.75) is 0 Å². The van der Waals surface area contributed by atoms with E-state index in [2.05, 4.69) is 35.0 Å². The molecule has 0 saturated carbocycles. The van der Waals surface area contributed by atoms with Crippen molar-refractivity contribution < 1.29 is 17.6 Å². The van der Waals surface area contributed by atoms with E-state index in [4.69, 9.17) is 4.76 Å². The molecule has 0 unspecified atom stereocenters. The first kappa shape index (κ1) is 34.9. The van der Waals surface area contributed by atoms with E-state index in [-0.39, 0.29) is 5.57 Å². The molecule has 1 aromatic heterocycles. The number of pyridine rings is 1. The summed E-state index contributed by atoms with van der Waals surface area (Å²) in [6.45, 7) is 0. The maximum atomic E-state index is 16.0. The zero-order valence-corrected chi connectivity index (χ0v) is 29.5. The molecule has 2 nitrogen and oxygen atoms in total. The average molecular weight is 726 g/mol. The minimum atomic E-state index is -2.92. The van der Waals surface area contributed by atoms with Crippen molar-refractivity contribution in [2.24, 2.45) is 4.76 Å². The third kappa shape index (κ3) is 7.15. The maximum Gasteiger partial charge on any atom is 0.252 e. The minimum absolute atomic E-state index is 0.135. The molecule has 0 fully saturated rings. The normalized spacial score (nSPS) is 13.1. The first-order chi connectivity index (χ1) is 25.5. The van der Waals surface area contributed by atoms with E-state index in [1.54, 1.807) is 42.5 Å². The molecule has 52 heavy (non-hydrogen) atoms. The molecule has 7 rings (SSSR count). The standard InChI is InChI=1S/C44H31F4N2P2/c45-41-40(42(46)44(48)50-43(41)47)38(39(33-20-16-17-21-33)32-18-6-1-7-19-32)30-49-52(36-26-12-4-13-27-36,37-28-14-5-15-29-37)31-51(34-22-8-2-9-23-34)35-24-10-3-11-25-35/h1-20,22-30H,31H2/q+1/b39-38-,49-30+. The van der Waals surface area contributed by atoms with E-state index in [1.807, 2.05) is 103 Å². The van der Waals surface area contributed by atoms with Crippen molar-refractivity contribution >= 4 is 53.9 Å². The Bertz CT molecular complexity index is 2240. The van der Waals surface area contributed by atoms with Gasteiger partial charge in [0.2, 0.25) is 7.41 Å². The number of hydrogen-bond donors (Lipinski definition) is 0. The van der Waals surface area contributed by atoms with Gasteiger partial charge in [-0.05, 0) is 60.5 Å². The van der Waals surface area contributed by atoms with Crippen LogP contribution in [0.1, 0.15) is 11.1 Å². The summed E-state index contributed by atoms with van der Waals surface area (Å²) in [6.07, 6.45) is 6.57. The van der Waals surface area contributed by atoms with Crippen LogP contribution in [0.15, 0.2) is 186 Å². The van der Waals surface area contributed by atoms with Crippen molar-refractivity contribution in [1.29, 1.82) is 0 Å². The topological polar surface area (TPSA) is 25.2 Å². The average Bonchev–Trinajstić information content (AvgIpc) is 3.74. The Balaban J connectivity index is 1.58. The van der Waals surface area contributed by atoms with E-state index in [9.17, 15) is 8.78 Å². The van der Waals surface area contributed by atoms with Crippen molar-refractivity contribution in [1.82, 2.24) is 4.98 Å². The van der Waals surface area contributed by atoms with E-state index in [0.717, 1.165) is 21.2 Å². The van der Waals surface area contributed by atoms with Crippen LogP contribution in [0.3, 0.4) is 0 Å². The molecule has 5 aromatic carbocycles. The second kappa shape index (κ2) is 15.8. The molecular formula is C44H31F4N2P2+. The fourth-order valence-electron chi connectivity index (χ4n) is 6.24. The Morgan fingerprint density at radius 1 is 0.635 bits per heavy atom. The van der Waals surface area contributed by atoms with Gasteiger partial charge in [0.15, 0.2) is 11.6 Å². The predicted octanol–water partition coefficient (Wildman–Crippen LogP) is 9.94. The molecule has 1 heterocycles. The molecule has 6 aromatic rings. The number of hydrogen-bond acceptors (Lipinski definition) is 2. The Kier molecular flexibility index (Phi) is 10.6. The van der Waals surface area contributed by atoms with E-state index < -0.39 is 44.4 Å². The maximum absolute atomic E-state index is 16.0. The predicted molar refractivity (Wildman–Crippen MR) is 210 cm³/mol. The lowest BCUT2D eigenvalue weighted by Gasteiger charge is -2.28. The highest BCUT2D eigenvalue weighted by Gasteiger charge is 2.46. The van der Waals surface area contributed by atoms with Crippen molar-refractivity contribution in [3.63, 3.8) is 0 Å². The third-order valence-corrected chi connectivity index (χ3v) is 16.1. The summed E-state index contributed by atoms with van der Waals surface area (Å²) < 4.78 is 67.4. The second-order valence-corrected chi connectivity index (χ2v) is 17.7. The molecule has 1 aliphatic rings. The van der Waals surface area contributed by atoms with Crippen LogP contribution < -0.4 is 21.2 Å². The molecule has 0 aliphatic heterocycles. The fraction of sp³-hybridized carbons (Fsp3) is 0.0227. The van der Waals surface area contributed by atoms with E-state index in [0.29, 0.717) is 22.6 Å². The van der Waals surface area contributed by atoms with Crippen LogP contribution >= 0.6 is 15.3 Å². The van der Waals surface area contributed by atoms with E-state index >= 15 is 8.78 Å². The summed E-state index contributed by atoms with van der Waals surface area (Å²) >= 11 is 0. The quantitative estimate of drug-likeness (QED) is 0.0429. The summed E-state index contributed by atoms with van der Waals surface area (Å²) in [7, 11) is -3.97. The molecule has 0 radical (unpaired) electrons. The van der Waals surface area contributed by atoms with E-state index in [1.165, 1.54) is 6.21 Å². The van der Waals surface area contributed by atoms with Crippen LogP contribution in [0.4, 0.5) is 17.6 Å². The number of halogens is 4. The van der Waals surface area contributed by atoms with Gasteiger partial charge in [-0.25, -0.2) is 8.78 Å². The lowest BCUT2D eigenvalue weighted by atomic mass is 9.90. The van der Waals surface area contributed by atoms with Crippen LogP contribution in [0.2, 0.25) is 0 Å². The molecule has 0 N–H and O–H groups in total. The Morgan fingerprint density at radius 3 is 1.56 bits per heavy atom. The van der Waals surface area contributed by atoms with Gasteiger partial charge in [0.25, 0.3) is 11.9 Å². The Labute approximate surface area is 302 Å². The Hall–Kier alpha value is -5.50. The van der Waals surface area contributed by atoms with Crippen LogP contribution in [-0.2, 0) is 0 Å². The number of rotatable bonds is 11. The first-order valence-electron chi connectivity index (χ1n) is 16.5. The molecule has 8 heteroatoms. The Morgan fingerprint density at radius 2 is 1.10 bits per heavy atom. The van der Waals surface area contributed by atoms with Crippen LogP contribution in [0, 0.1) is 23.5 Å². The minimum Gasteiger partial charge on any atom is -0.201 e. The summed E-state index contributed by atoms with van der Waals surface area (Å²) in [5.41, 5.74) is 3.45. The van der Waals surface area contributed by atoms with Crippen LogP contribution in [0.25, 0.3) is 11.1 Å². The third-order valence-electron chi connectivity index (χ3n) is 8.70. The molecule has 254 valence electrons. The van der Waals surface area contributed by atoms with Crippen LogP contribution in [-0.4, -0.2) is 17.1 Å². The summed E-state index contributed by atoms with van der Waals surface area (Å²) in [4.78, 5) is 2.87. The highest BCUT2D eigenvalue weighted by atomic mass is 31.2. The monoisotopic (exact) mass is 725 g/mol. The SMILES string of the molecule is Fc1nc(F)c(F)c(C(/C=N/[P+](CP(c2ccccc2)c2ccccc2)(c2ccccc2)c2ccccc2)=C(\C2=C=CC=C2)c2ccccc2)c1F. The number of allylic oxidation sites excluding steroid dienone is 5. The highest BCUT2D eigenvalue weighted by molar-refractivity contribution is 7.97. The van der Waals surface area contributed by atoms with Gasteiger partial charge in [-0.2, -0.15) is 13.8 Å². The molecule has 0 amide bonds. The highest BCUT2D eigenvalue weighted by Crippen LogP contribution is 2.65. The van der Waals surface area contributed by atoms with Gasteiger partial charge in [0.05, 0.1) is 11.8 Å². The lowest BCUT2D eigenvalue weighted by Crippen LogP contribution is -2.26. The zero-order valence-electron chi connectivity index (χ0n) is 27.8. The van der Waals surface area contributed by atoms with Gasteiger partial charge in [-0.3, -0.25) is 0 Å². The smallest absolute Gasteiger partial charge is 0.201 e. The van der Waals surface area contributed by atoms with Crippen LogP contribution in [0.5, 0.6) is 0 Å². The van der Waals surface area contributed by atoms with Gasteiger partial charge in [0.1, 0.15) is 16.5 Å². The van der Waals surface area contributed by atoms with Gasteiger partial charge in [-0.1, -0.05) is 133 Å². The van der Waals surface area contributed by atoms with Gasteiger partial charge in [0, 0.05) is 16.7 Å². The molecule has 0 atom stereocenters.